The molecule has 0 radical (unpaired) electrons. The average molecular weight is 333 g/mol. The van der Waals surface area contributed by atoms with Gasteiger partial charge in [0.15, 0.2) is 0 Å². The second-order valence-corrected chi connectivity index (χ2v) is 5.71. The van der Waals surface area contributed by atoms with Crippen LogP contribution in [0.1, 0.15) is 10.4 Å². The SMILES string of the molecule is O=C(Nc1ccccc1Br)c1ccc2ncsc2c1. The van der Waals surface area contributed by atoms with Crippen molar-refractivity contribution in [3.63, 3.8) is 0 Å². The summed E-state index contributed by atoms with van der Waals surface area (Å²) in [5.41, 5.74) is 4.09. The maximum Gasteiger partial charge on any atom is 0.255 e. The molecule has 2 aromatic carbocycles. The summed E-state index contributed by atoms with van der Waals surface area (Å²) in [6, 6.07) is 13.0. The Hall–Kier alpha value is -1.72. The summed E-state index contributed by atoms with van der Waals surface area (Å²) in [6.45, 7) is 0. The number of fused-ring (bicyclic) bond motifs is 1. The van der Waals surface area contributed by atoms with Crippen LogP contribution in [0, 0.1) is 0 Å². The Morgan fingerprint density at radius 1 is 1.21 bits per heavy atom. The minimum Gasteiger partial charge on any atom is -0.321 e. The molecule has 5 heteroatoms. The number of anilines is 1. The number of carbonyl (C=O) groups excluding carboxylic acids is 1. The lowest BCUT2D eigenvalue weighted by Crippen LogP contribution is -2.11. The van der Waals surface area contributed by atoms with Crippen LogP contribution >= 0.6 is 27.3 Å². The minimum absolute atomic E-state index is 0.123. The maximum atomic E-state index is 12.2. The first-order chi connectivity index (χ1) is 9.24. The van der Waals surface area contributed by atoms with Crippen molar-refractivity contribution in [3.05, 3.63) is 58.0 Å². The number of carbonyl (C=O) groups is 1. The molecule has 19 heavy (non-hydrogen) atoms. The molecule has 0 spiro atoms. The van der Waals surface area contributed by atoms with Gasteiger partial charge in [0.2, 0.25) is 0 Å². The van der Waals surface area contributed by atoms with Gasteiger partial charge in [-0.2, -0.15) is 0 Å². The van der Waals surface area contributed by atoms with E-state index in [1.807, 2.05) is 36.4 Å². The van der Waals surface area contributed by atoms with E-state index in [4.69, 9.17) is 0 Å². The number of benzene rings is 2. The molecule has 0 aliphatic heterocycles. The van der Waals surface area contributed by atoms with E-state index in [2.05, 4.69) is 26.2 Å². The van der Waals surface area contributed by atoms with Gasteiger partial charge >= 0.3 is 0 Å². The molecule has 0 atom stereocenters. The van der Waals surface area contributed by atoms with Crippen LogP contribution in [0.2, 0.25) is 0 Å². The number of nitrogens with zero attached hydrogens (tertiary/aromatic N) is 1. The molecule has 3 rings (SSSR count). The lowest BCUT2D eigenvalue weighted by Gasteiger charge is -2.07. The Morgan fingerprint density at radius 2 is 2.05 bits per heavy atom. The molecule has 0 bridgehead atoms. The first kappa shape index (κ1) is 12.3. The van der Waals surface area contributed by atoms with Crippen LogP contribution in [0.15, 0.2) is 52.4 Å². The summed E-state index contributed by atoms with van der Waals surface area (Å²) in [7, 11) is 0. The second-order valence-electron chi connectivity index (χ2n) is 3.97. The zero-order valence-electron chi connectivity index (χ0n) is 9.76. The molecule has 3 nitrogen and oxygen atoms in total. The van der Waals surface area contributed by atoms with E-state index in [1.165, 1.54) is 11.3 Å². The van der Waals surface area contributed by atoms with Crippen LogP contribution in [0.3, 0.4) is 0 Å². The number of para-hydroxylation sites is 1. The smallest absolute Gasteiger partial charge is 0.255 e. The number of amides is 1. The molecule has 1 heterocycles. The van der Waals surface area contributed by atoms with Crippen LogP contribution in [0.25, 0.3) is 10.2 Å². The lowest BCUT2D eigenvalue weighted by atomic mass is 10.2. The Labute approximate surface area is 122 Å². The third-order valence-electron chi connectivity index (χ3n) is 2.72. The largest absolute Gasteiger partial charge is 0.321 e. The number of thiazole rings is 1. The fourth-order valence-electron chi connectivity index (χ4n) is 1.75. The van der Waals surface area contributed by atoms with Crippen molar-refractivity contribution in [2.24, 2.45) is 0 Å². The van der Waals surface area contributed by atoms with Crippen LogP contribution in [0.5, 0.6) is 0 Å². The molecular weight excluding hydrogens is 324 g/mol. The molecule has 1 amide bonds. The summed E-state index contributed by atoms with van der Waals surface area (Å²) >= 11 is 4.94. The molecule has 0 saturated carbocycles. The molecule has 0 saturated heterocycles. The number of rotatable bonds is 2. The van der Waals surface area contributed by atoms with E-state index in [9.17, 15) is 4.79 Å². The topological polar surface area (TPSA) is 42.0 Å². The normalized spacial score (nSPS) is 10.6. The van der Waals surface area contributed by atoms with Gasteiger partial charge in [-0.05, 0) is 46.3 Å². The van der Waals surface area contributed by atoms with E-state index in [0.29, 0.717) is 5.56 Å². The van der Waals surface area contributed by atoms with Crippen molar-refractivity contribution in [3.8, 4) is 0 Å². The standard InChI is InChI=1S/C14H9BrN2OS/c15-10-3-1-2-4-11(10)17-14(18)9-5-6-12-13(7-9)19-8-16-12/h1-8H,(H,17,18). The van der Waals surface area contributed by atoms with Crippen molar-refractivity contribution < 1.29 is 4.79 Å². The predicted octanol–water partition coefficient (Wildman–Crippen LogP) is 4.31. The average Bonchev–Trinajstić information content (AvgIpc) is 2.88. The maximum absolute atomic E-state index is 12.2. The fourth-order valence-corrected chi connectivity index (χ4v) is 2.85. The van der Waals surface area contributed by atoms with Crippen LogP contribution in [-0.2, 0) is 0 Å². The van der Waals surface area contributed by atoms with Gasteiger partial charge in [-0.3, -0.25) is 4.79 Å². The third kappa shape index (κ3) is 2.52. The number of halogens is 1. The molecule has 1 N–H and O–H groups in total. The Balaban J connectivity index is 1.89. The molecule has 3 aromatic rings. The number of nitrogens with one attached hydrogen (secondary N) is 1. The Bertz CT molecular complexity index is 754. The highest BCUT2D eigenvalue weighted by molar-refractivity contribution is 9.10. The van der Waals surface area contributed by atoms with Crippen molar-refractivity contribution >= 4 is 49.1 Å². The van der Waals surface area contributed by atoms with Crippen molar-refractivity contribution in [1.29, 1.82) is 0 Å². The molecular formula is C14H9BrN2OS. The molecule has 94 valence electrons. The van der Waals surface area contributed by atoms with E-state index >= 15 is 0 Å². The molecule has 0 fully saturated rings. The van der Waals surface area contributed by atoms with Gasteiger partial charge < -0.3 is 5.32 Å². The van der Waals surface area contributed by atoms with Crippen LogP contribution in [0.4, 0.5) is 5.69 Å². The van der Waals surface area contributed by atoms with Gasteiger partial charge in [0.05, 0.1) is 21.4 Å². The number of hydrogen-bond acceptors (Lipinski definition) is 3. The Morgan fingerprint density at radius 3 is 2.89 bits per heavy atom. The van der Waals surface area contributed by atoms with Crippen molar-refractivity contribution in [2.75, 3.05) is 5.32 Å². The summed E-state index contributed by atoms with van der Waals surface area (Å²) in [5, 5.41) is 2.88. The lowest BCUT2D eigenvalue weighted by molar-refractivity contribution is 0.102. The zero-order chi connectivity index (χ0) is 13.2. The Kier molecular flexibility index (Phi) is 3.31. The highest BCUT2D eigenvalue weighted by Crippen LogP contribution is 2.23. The van der Waals surface area contributed by atoms with Gasteiger partial charge in [0.25, 0.3) is 5.91 Å². The first-order valence-electron chi connectivity index (χ1n) is 5.63. The summed E-state index contributed by atoms with van der Waals surface area (Å²) in [4.78, 5) is 16.4. The third-order valence-corrected chi connectivity index (χ3v) is 4.20. The summed E-state index contributed by atoms with van der Waals surface area (Å²) in [5.74, 6) is -0.123. The van der Waals surface area contributed by atoms with Crippen LogP contribution < -0.4 is 5.32 Å². The molecule has 1 aromatic heterocycles. The predicted molar refractivity (Wildman–Crippen MR) is 81.7 cm³/mol. The van der Waals surface area contributed by atoms with E-state index < -0.39 is 0 Å². The molecule has 0 unspecified atom stereocenters. The monoisotopic (exact) mass is 332 g/mol. The quantitative estimate of drug-likeness (QED) is 0.759. The van der Waals surface area contributed by atoms with Gasteiger partial charge in [-0.25, -0.2) is 4.98 Å². The van der Waals surface area contributed by atoms with Crippen molar-refractivity contribution in [2.45, 2.75) is 0 Å². The van der Waals surface area contributed by atoms with E-state index in [0.717, 1.165) is 20.4 Å². The van der Waals surface area contributed by atoms with Gasteiger partial charge in [0.1, 0.15) is 0 Å². The minimum atomic E-state index is -0.123. The van der Waals surface area contributed by atoms with Gasteiger partial charge in [-0.1, -0.05) is 12.1 Å². The summed E-state index contributed by atoms with van der Waals surface area (Å²) in [6.07, 6.45) is 0. The van der Waals surface area contributed by atoms with Crippen molar-refractivity contribution in [1.82, 2.24) is 4.98 Å². The van der Waals surface area contributed by atoms with E-state index in [1.54, 1.807) is 11.6 Å². The summed E-state index contributed by atoms with van der Waals surface area (Å²) < 4.78 is 1.88. The molecule has 0 aliphatic carbocycles. The first-order valence-corrected chi connectivity index (χ1v) is 7.30. The van der Waals surface area contributed by atoms with E-state index in [-0.39, 0.29) is 5.91 Å². The highest BCUT2D eigenvalue weighted by atomic mass is 79.9. The number of hydrogen-bond donors (Lipinski definition) is 1. The molecule has 0 aliphatic rings. The highest BCUT2D eigenvalue weighted by Gasteiger charge is 2.09. The van der Waals surface area contributed by atoms with Gasteiger partial charge in [0, 0.05) is 10.0 Å². The fraction of sp³-hybridized carbons (Fsp3) is 0. The zero-order valence-corrected chi connectivity index (χ0v) is 12.2. The van der Waals surface area contributed by atoms with Crippen LogP contribution in [-0.4, -0.2) is 10.9 Å². The number of aromatic nitrogens is 1. The second kappa shape index (κ2) is 5.11. The van der Waals surface area contributed by atoms with Gasteiger partial charge in [-0.15, -0.1) is 11.3 Å².